The molecule has 1 aliphatic rings. The van der Waals surface area contributed by atoms with Crippen LogP contribution in [0.4, 0.5) is 4.79 Å². The van der Waals surface area contributed by atoms with Crippen molar-refractivity contribution in [3.05, 3.63) is 29.8 Å². The SMILES string of the molecule is COc1ccccc1CN1C(=O)OCC1CCC(=O)O. The summed E-state index contributed by atoms with van der Waals surface area (Å²) in [5, 5.41) is 8.73. The molecule has 20 heavy (non-hydrogen) atoms. The van der Waals surface area contributed by atoms with Crippen LogP contribution in [-0.4, -0.2) is 41.8 Å². The molecule has 108 valence electrons. The maximum Gasteiger partial charge on any atom is 0.410 e. The van der Waals surface area contributed by atoms with Gasteiger partial charge in [0.2, 0.25) is 0 Å². The summed E-state index contributed by atoms with van der Waals surface area (Å²) in [5.74, 6) is -0.175. The highest BCUT2D eigenvalue weighted by atomic mass is 16.6. The molecule has 0 aromatic heterocycles. The van der Waals surface area contributed by atoms with Crippen LogP contribution in [0, 0.1) is 0 Å². The van der Waals surface area contributed by atoms with Gasteiger partial charge in [-0.15, -0.1) is 0 Å². The van der Waals surface area contributed by atoms with Crippen LogP contribution in [-0.2, 0) is 16.1 Å². The Bertz CT molecular complexity index is 502. The van der Waals surface area contributed by atoms with Crippen molar-refractivity contribution in [3.8, 4) is 5.75 Å². The second kappa shape index (κ2) is 6.27. The number of carbonyl (C=O) groups excluding carboxylic acids is 1. The molecule has 1 fully saturated rings. The second-order valence-electron chi connectivity index (χ2n) is 4.60. The lowest BCUT2D eigenvalue weighted by atomic mass is 10.1. The van der Waals surface area contributed by atoms with Crippen molar-refractivity contribution >= 4 is 12.1 Å². The molecule has 1 amide bonds. The normalized spacial score (nSPS) is 17.9. The number of methoxy groups -OCH3 is 1. The summed E-state index contributed by atoms with van der Waals surface area (Å²) >= 11 is 0. The number of amides is 1. The zero-order chi connectivity index (χ0) is 14.5. The molecule has 0 spiro atoms. The van der Waals surface area contributed by atoms with E-state index in [1.807, 2.05) is 24.3 Å². The van der Waals surface area contributed by atoms with Crippen LogP contribution < -0.4 is 4.74 Å². The standard InChI is InChI=1S/C14H17NO5/c1-19-12-5-3-2-4-10(12)8-15-11(6-7-13(16)17)9-20-14(15)18/h2-5,11H,6-9H2,1H3,(H,16,17). The van der Waals surface area contributed by atoms with Crippen molar-refractivity contribution in [1.29, 1.82) is 0 Å². The number of nitrogens with zero attached hydrogens (tertiary/aromatic N) is 1. The first-order valence-corrected chi connectivity index (χ1v) is 6.39. The smallest absolute Gasteiger partial charge is 0.410 e. The Morgan fingerprint density at radius 2 is 2.25 bits per heavy atom. The van der Waals surface area contributed by atoms with Gasteiger partial charge in [0.1, 0.15) is 12.4 Å². The van der Waals surface area contributed by atoms with Crippen molar-refractivity contribution in [3.63, 3.8) is 0 Å². The zero-order valence-electron chi connectivity index (χ0n) is 11.2. The van der Waals surface area contributed by atoms with E-state index in [4.69, 9.17) is 14.6 Å². The van der Waals surface area contributed by atoms with E-state index >= 15 is 0 Å². The van der Waals surface area contributed by atoms with Crippen molar-refractivity contribution in [2.45, 2.75) is 25.4 Å². The molecule has 1 N–H and O–H groups in total. The van der Waals surface area contributed by atoms with Crippen LogP contribution in [0.25, 0.3) is 0 Å². The lowest BCUT2D eigenvalue weighted by Crippen LogP contribution is -2.33. The Morgan fingerprint density at radius 1 is 1.50 bits per heavy atom. The van der Waals surface area contributed by atoms with E-state index in [0.717, 1.165) is 5.56 Å². The molecule has 0 saturated carbocycles. The summed E-state index contributed by atoms with van der Waals surface area (Å²) in [6.07, 6.45) is -0.00811. The Kier molecular flexibility index (Phi) is 4.45. The van der Waals surface area contributed by atoms with Gasteiger partial charge in [-0.25, -0.2) is 4.79 Å². The molecule has 2 rings (SSSR count). The minimum absolute atomic E-state index is 0.0176. The van der Waals surface area contributed by atoms with E-state index in [1.165, 1.54) is 0 Å². The molecule has 1 unspecified atom stereocenters. The first-order chi connectivity index (χ1) is 9.61. The van der Waals surface area contributed by atoms with Gasteiger partial charge < -0.3 is 14.6 Å². The third-order valence-electron chi connectivity index (χ3n) is 3.30. The number of hydrogen-bond donors (Lipinski definition) is 1. The van der Waals surface area contributed by atoms with Gasteiger partial charge in [-0.2, -0.15) is 0 Å². The lowest BCUT2D eigenvalue weighted by Gasteiger charge is -2.21. The van der Waals surface area contributed by atoms with Gasteiger partial charge >= 0.3 is 12.1 Å². The molecule has 1 aliphatic heterocycles. The van der Waals surface area contributed by atoms with Crippen LogP contribution in [0.15, 0.2) is 24.3 Å². The largest absolute Gasteiger partial charge is 0.496 e. The zero-order valence-corrected chi connectivity index (χ0v) is 11.2. The third-order valence-corrected chi connectivity index (χ3v) is 3.30. The number of cyclic esters (lactones) is 1. The van der Waals surface area contributed by atoms with Crippen LogP contribution in [0.2, 0.25) is 0 Å². The van der Waals surface area contributed by atoms with Gasteiger partial charge in [-0.05, 0) is 12.5 Å². The summed E-state index contributed by atoms with van der Waals surface area (Å²) in [6, 6.07) is 7.21. The van der Waals surface area contributed by atoms with Crippen molar-refractivity contribution < 1.29 is 24.2 Å². The number of carboxylic acid groups (broad SMARTS) is 1. The van der Waals surface area contributed by atoms with Crippen molar-refractivity contribution in [2.24, 2.45) is 0 Å². The van der Waals surface area contributed by atoms with Crippen LogP contribution in [0.1, 0.15) is 18.4 Å². The fourth-order valence-corrected chi connectivity index (χ4v) is 2.23. The van der Waals surface area contributed by atoms with Gasteiger partial charge in [-0.3, -0.25) is 9.69 Å². The Morgan fingerprint density at radius 3 is 2.95 bits per heavy atom. The number of para-hydroxylation sites is 1. The maximum atomic E-state index is 11.7. The van der Waals surface area contributed by atoms with Gasteiger partial charge in [0, 0.05) is 12.0 Å². The van der Waals surface area contributed by atoms with E-state index in [1.54, 1.807) is 12.0 Å². The number of hydrogen-bond acceptors (Lipinski definition) is 4. The van der Waals surface area contributed by atoms with Gasteiger partial charge in [-0.1, -0.05) is 18.2 Å². The number of aliphatic carboxylic acids is 1. The molecule has 0 radical (unpaired) electrons. The monoisotopic (exact) mass is 279 g/mol. The van der Waals surface area contributed by atoms with Crippen LogP contribution >= 0.6 is 0 Å². The summed E-state index contributed by atoms with van der Waals surface area (Å²) in [7, 11) is 1.57. The summed E-state index contributed by atoms with van der Waals surface area (Å²) in [6.45, 7) is 0.592. The van der Waals surface area contributed by atoms with Crippen LogP contribution in [0.5, 0.6) is 5.75 Å². The average Bonchev–Trinajstić information content (AvgIpc) is 2.78. The average molecular weight is 279 g/mol. The fraction of sp³-hybridized carbons (Fsp3) is 0.429. The Hall–Kier alpha value is -2.24. The number of rotatable bonds is 6. The summed E-state index contributed by atoms with van der Waals surface area (Å²) in [4.78, 5) is 23.9. The highest BCUT2D eigenvalue weighted by Crippen LogP contribution is 2.24. The van der Waals surface area contributed by atoms with Gasteiger partial charge in [0.05, 0.1) is 19.7 Å². The van der Waals surface area contributed by atoms with Gasteiger partial charge in [0.15, 0.2) is 0 Å². The number of carboxylic acids is 1. The molecule has 6 heteroatoms. The first kappa shape index (κ1) is 14.2. The molecule has 0 aliphatic carbocycles. The molecule has 1 aromatic carbocycles. The quantitative estimate of drug-likeness (QED) is 0.860. The van der Waals surface area contributed by atoms with E-state index in [0.29, 0.717) is 18.7 Å². The highest BCUT2D eigenvalue weighted by molar-refractivity contribution is 5.71. The van der Waals surface area contributed by atoms with E-state index in [9.17, 15) is 9.59 Å². The highest BCUT2D eigenvalue weighted by Gasteiger charge is 2.33. The van der Waals surface area contributed by atoms with Crippen molar-refractivity contribution in [2.75, 3.05) is 13.7 Å². The van der Waals surface area contributed by atoms with E-state index in [2.05, 4.69) is 0 Å². The molecule has 1 aromatic rings. The molecule has 0 bridgehead atoms. The maximum absolute atomic E-state index is 11.7. The molecule has 6 nitrogen and oxygen atoms in total. The second-order valence-corrected chi connectivity index (χ2v) is 4.60. The number of benzene rings is 1. The topological polar surface area (TPSA) is 76.1 Å². The fourth-order valence-electron chi connectivity index (χ4n) is 2.23. The molecule has 1 saturated heterocycles. The Balaban J connectivity index is 2.08. The summed E-state index contributed by atoms with van der Waals surface area (Å²) < 4.78 is 10.3. The molecule has 1 atom stereocenters. The number of ether oxygens (including phenoxy) is 2. The summed E-state index contributed by atoms with van der Waals surface area (Å²) in [5.41, 5.74) is 0.870. The van der Waals surface area contributed by atoms with E-state index < -0.39 is 12.1 Å². The molecular formula is C14H17NO5. The minimum Gasteiger partial charge on any atom is -0.496 e. The minimum atomic E-state index is -0.874. The predicted octanol–water partition coefficient (Wildman–Crippen LogP) is 1.88. The number of carbonyl (C=O) groups is 2. The van der Waals surface area contributed by atoms with Crippen LogP contribution in [0.3, 0.4) is 0 Å². The van der Waals surface area contributed by atoms with E-state index in [-0.39, 0.29) is 19.1 Å². The first-order valence-electron chi connectivity index (χ1n) is 6.39. The third kappa shape index (κ3) is 3.20. The lowest BCUT2D eigenvalue weighted by molar-refractivity contribution is -0.137. The van der Waals surface area contributed by atoms with Gasteiger partial charge in [0.25, 0.3) is 0 Å². The Labute approximate surface area is 116 Å². The predicted molar refractivity (Wildman–Crippen MR) is 70.5 cm³/mol. The molecular weight excluding hydrogens is 262 g/mol. The van der Waals surface area contributed by atoms with Crippen molar-refractivity contribution in [1.82, 2.24) is 4.90 Å². The molecule has 1 heterocycles.